The Hall–Kier alpha value is -1.43. The van der Waals surface area contributed by atoms with Crippen LogP contribution in [0.5, 0.6) is 0 Å². The van der Waals surface area contributed by atoms with Gasteiger partial charge in [-0.2, -0.15) is 5.26 Å². The van der Waals surface area contributed by atoms with Gasteiger partial charge in [0.25, 0.3) is 5.92 Å². The molecule has 0 N–H and O–H groups in total. The van der Waals surface area contributed by atoms with Gasteiger partial charge in [0.2, 0.25) is 0 Å². The molecule has 0 saturated carbocycles. The van der Waals surface area contributed by atoms with Gasteiger partial charge in [-0.1, -0.05) is 6.07 Å². The molecule has 1 nitrogen and oxygen atoms in total. The standard InChI is InChI=1S/C10H9F2N/c1-7-3-4-8(6-13)5-9(7)10(2,11)12/h3-5H,1-2H3. The van der Waals surface area contributed by atoms with Crippen LogP contribution in [0.25, 0.3) is 0 Å². The maximum absolute atomic E-state index is 12.9. The first-order valence-corrected chi connectivity index (χ1v) is 3.84. The van der Waals surface area contributed by atoms with E-state index in [1.807, 2.05) is 6.07 Å². The summed E-state index contributed by atoms with van der Waals surface area (Å²) in [5.74, 6) is -2.88. The SMILES string of the molecule is Cc1ccc(C#N)cc1C(C)(F)F. The zero-order valence-electron chi connectivity index (χ0n) is 7.44. The van der Waals surface area contributed by atoms with Crippen molar-refractivity contribution in [3.63, 3.8) is 0 Å². The molecule has 0 heterocycles. The molecule has 0 saturated heterocycles. The predicted molar refractivity (Wildman–Crippen MR) is 45.5 cm³/mol. The van der Waals surface area contributed by atoms with Crippen LogP contribution in [0.15, 0.2) is 18.2 Å². The molecular weight excluding hydrogens is 172 g/mol. The van der Waals surface area contributed by atoms with Crippen molar-refractivity contribution in [1.29, 1.82) is 5.26 Å². The highest BCUT2D eigenvalue weighted by atomic mass is 19.3. The lowest BCUT2D eigenvalue weighted by Crippen LogP contribution is -2.09. The third-order valence-electron chi connectivity index (χ3n) is 1.84. The fraction of sp³-hybridized carbons (Fsp3) is 0.300. The molecule has 0 radical (unpaired) electrons. The van der Waals surface area contributed by atoms with Crippen molar-refractivity contribution in [2.24, 2.45) is 0 Å². The minimum Gasteiger partial charge on any atom is -0.202 e. The summed E-state index contributed by atoms with van der Waals surface area (Å²) >= 11 is 0. The molecule has 0 atom stereocenters. The van der Waals surface area contributed by atoms with E-state index in [1.165, 1.54) is 18.2 Å². The van der Waals surface area contributed by atoms with E-state index in [4.69, 9.17) is 5.26 Å². The molecule has 0 spiro atoms. The van der Waals surface area contributed by atoms with Crippen molar-refractivity contribution < 1.29 is 8.78 Å². The number of benzene rings is 1. The molecule has 68 valence electrons. The first kappa shape index (κ1) is 9.66. The molecule has 0 unspecified atom stereocenters. The highest BCUT2D eigenvalue weighted by Crippen LogP contribution is 2.30. The lowest BCUT2D eigenvalue weighted by Gasteiger charge is -2.13. The maximum atomic E-state index is 12.9. The monoisotopic (exact) mass is 181 g/mol. The minimum atomic E-state index is -2.88. The fourth-order valence-corrected chi connectivity index (χ4v) is 1.16. The van der Waals surface area contributed by atoms with E-state index in [0.717, 1.165) is 6.92 Å². The molecule has 13 heavy (non-hydrogen) atoms. The van der Waals surface area contributed by atoms with Crippen LogP contribution in [0, 0.1) is 18.3 Å². The summed E-state index contributed by atoms with van der Waals surface area (Å²) < 4.78 is 25.8. The average Bonchev–Trinajstić information content (AvgIpc) is 2.03. The van der Waals surface area contributed by atoms with E-state index < -0.39 is 5.92 Å². The molecule has 3 heteroatoms. The number of hydrogen-bond acceptors (Lipinski definition) is 1. The van der Waals surface area contributed by atoms with Crippen LogP contribution in [-0.4, -0.2) is 0 Å². The van der Waals surface area contributed by atoms with Crippen LogP contribution in [0.1, 0.15) is 23.6 Å². The Balaban J connectivity index is 3.29. The second-order valence-electron chi connectivity index (χ2n) is 3.03. The first-order chi connectivity index (χ1) is 5.95. The molecule has 0 aliphatic carbocycles. The van der Waals surface area contributed by atoms with Gasteiger partial charge in [0, 0.05) is 12.5 Å². The second-order valence-corrected chi connectivity index (χ2v) is 3.03. The Morgan fingerprint density at radius 1 is 1.38 bits per heavy atom. The Morgan fingerprint density at radius 3 is 2.46 bits per heavy atom. The Labute approximate surface area is 75.6 Å². The summed E-state index contributed by atoms with van der Waals surface area (Å²) in [6.45, 7) is 2.43. The van der Waals surface area contributed by atoms with Gasteiger partial charge < -0.3 is 0 Å². The number of hydrogen-bond donors (Lipinski definition) is 0. The summed E-state index contributed by atoms with van der Waals surface area (Å²) in [6.07, 6.45) is 0. The number of alkyl halides is 2. The minimum absolute atomic E-state index is 0.0773. The number of aryl methyl sites for hydroxylation is 1. The average molecular weight is 181 g/mol. The molecule has 0 aliphatic rings. The summed E-state index contributed by atoms with van der Waals surface area (Å²) in [5.41, 5.74) is 0.695. The van der Waals surface area contributed by atoms with Crippen molar-refractivity contribution in [2.75, 3.05) is 0 Å². The zero-order valence-corrected chi connectivity index (χ0v) is 7.44. The number of nitrogens with zero attached hydrogens (tertiary/aromatic N) is 1. The molecule has 0 aromatic heterocycles. The van der Waals surface area contributed by atoms with Gasteiger partial charge in [-0.25, -0.2) is 8.78 Å². The third-order valence-corrected chi connectivity index (χ3v) is 1.84. The van der Waals surface area contributed by atoms with E-state index in [2.05, 4.69) is 0 Å². The topological polar surface area (TPSA) is 23.8 Å². The largest absolute Gasteiger partial charge is 0.270 e. The van der Waals surface area contributed by atoms with Crippen molar-refractivity contribution >= 4 is 0 Å². The maximum Gasteiger partial charge on any atom is 0.270 e. The van der Waals surface area contributed by atoms with Crippen molar-refractivity contribution in [1.82, 2.24) is 0 Å². The van der Waals surface area contributed by atoms with Crippen molar-refractivity contribution in [3.8, 4) is 6.07 Å². The van der Waals surface area contributed by atoms with Crippen molar-refractivity contribution in [2.45, 2.75) is 19.8 Å². The highest BCUT2D eigenvalue weighted by Gasteiger charge is 2.26. The van der Waals surface area contributed by atoms with Gasteiger partial charge in [0.15, 0.2) is 0 Å². The smallest absolute Gasteiger partial charge is 0.202 e. The summed E-state index contributed by atoms with van der Waals surface area (Å²) in [4.78, 5) is 0. The highest BCUT2D eigenvalue weighted by molar-refractivity contribution is 5.39. The van der Waals surface area contributed by atoms with Crippen LogP contribution in [-0.2, 0) is 5.92 Å². The second kappa shape index (κ2) is 3.14. The van der Waals surface area contributed by atoms with Gasteiger partial charge in [0.05, 0.1) is 11.6 Å². The van der Waals surface area contributed by atoms with Crippen LogP contribution >= 0.6 is 0 Å². The fourth-order valence-electron chi connectivity index (χ4n) is 1.16. The molecule has 1 aromatic rings. The molecule has 0 amide bonds. The van der Waals surface area contributed by atoms with Gasteiger partial charge in [-0.05, 0) is 24.6 Å². The number of rotatable bonds is 1. The quantitative estimate of drug-likeness (QED) is 0.653. The van der Waals surface area contributed by atoms with E-state index in [0.29, 0.717) is 5.56 Å². The summed E-state index contributed by atoms with van der Waals surface area (Å²) in [5, 5.41) is 8.52. The zero-order chi connectivity index (χ0) is 10.1. The lowest BCUT2D eigenvalue weighted by molar-refractivity contribution is 0.0168. The van der Waals surface area contributed by atoms with Gasteiger partial charge >= 0.3 is 0 Å². The number of halogens is 2. The first-order valence-electron chi connectivity index (χ1n) is 3.84. The Kier molecular flexibility index (Phi) is 2.33. The summed E-state index contributed by atoms with van der Waals surface area (Å²) in [6, 6.07) is 6.13. The molecule has 1 aromatic carbocycles. The van der Waals surface area contributed by atoms with E-state index >= 15 is 0 Å². The third kappa shape index (κ3) is 2.03. The molecular formula is C10H9F2N. The van der Waals surface area contributed by atoms with Crippen molar-refractivity contribution in [3.05, 3.63) is 34.9 Å². The summed E-state index contributed by atoms with van der Waals surface area (Å²) in [7, 11) is 0. The van der Waals surface area contributed by atoms with E-state index in [1.54, 1.807) is 6.92 Å². The van der Waals surface area contributed by atoms with Gasteiger partial charge in [-0.3, -0.25) is 0 Å². The molecule has 0 aliphatic heterocycles. The van der Waals surface area contributed by atoms with E-state index in [9.17, 15) is 8.78 Å². The van der Waals surface area contributed by atoms with Crippen LogP contribution in [0.3, 0.4) is 0 Å². The van der Waals surface area contributed by atoms with Gasteiger partial charge in [-0.15, -0.1) is 0 Å². The number of nitriles is 1. The van der Waals surface area contributed by atoms with Gasteiger partial charge in [0.1, 0.15) is 0 Å². The molecule has 1 rings (SSSR count). The van der Waals surface area contributed by atoms with Crippen LogP contribution in [0.2, 0.25) is 0 Å². The molecule has 0 bridgehead atoms. The Morgan fingerprint density at radius 2 is 2.00 bits per heavy atom. The van der Waals surface area contributed by atoms with Crippen LogP contribution in [0.4, 0.5) is 8.78 Å². The Bertz CT molecular complexity index is 358. The predicted octanol–water partition coefficient (Wildman–Crippen LogP) is 2.98. The van der Waals surface area contributed by atoms with E-state index in [-0.39, 0.29) is 11.1 Å². The molecule has 0 fully saturated rings. The normalized spacial score (nSPS) is 11.0. The van der Waals surface area contributed by atoms with Crippen LogP contribution < -0.4 is 0 Å². The lowest BCUT2D eigenvalue weighted by atomic mass is 10.0.